The minimum Gasteiger partial charge on any atom is -0.394 e. The van der Waals surface area contributed by atoms with Crippen LogP contribution < -0.4 is 0 Å². The lowest BCUT2D eigenvalue weighted by Gasteiger charge is -1.96. The van der Waals surface area contributed by atoms with E-state index in [0.717, 1.165) is 0 Å². The number of rotatable bonds is 2. The molecule has 0 aromatic heterocycles. The third kappa shape index (κ3) is 2.14. The second kappa shape index (κ2) is 3.08. The molecule has 0 aromatic carbocycles. The van der Waals surface area contributed by atoms with Gasteiger partial charge < -0.3 is 15.3 Å². The van der Waals surface area contributed by atoms with Crippen LogP contribution in [0, 0.1) is 0 Å². The number of hydrogen-bond acceptors (Lipinski definition) is 3. The maximum atomic E-state index is 8.30. The molecule has 38 valence electrons. The fraction of sp³-hybridized carbons (Fsp3) is 1.00. The monoisotopic (exact) mass is 94.1 g/mol. The molecule has 3 heteroatoms. The van der Waals surface area contributed by atoms with Crippen LogP contribution in [0.5, 0.6) is 0 Å². The van der Waals surface area contributed by atoms with Gasteiger partial charge in [-0.05, 0) is 0 Å². The van der Waals surface area contributed by atoms with Crippen molar-refractivity contribution in [3.05, 3.63) is 0 Å². The van der Waals surface area contributed by atoms with Gasteiger partial charge in [0, 0.05) is 0 Å². The van der Waals surface area contributed by atoms with Crippen LogP contribution in [-0.4, -0.2) is 34.6 Å². The molecule has 0 unspecified atom stereocenters. The Kier molecular flexibility index (Phi) is 2.08. The Bertz CT molecular complexity index is 48.1. The third-order valence-electron chi connectivity index (χ3n) is 0.365. The fourth-order valence-corrected chi connectivity index (χ4v) is 0.0500. The van der Waals surface area contributed by atoms with Crippen LogP contribution in [0.4, 0.5) is 0 Å². The molecule has 0 rings (SSSR count). The van der Waals surface area contributed by atoms with Gasteiger partial charge in [-0.2, -0.15) is 0 Å². The van der Waals surface area contributed by atoms with Crippen LogP contribution in [0.25, 0.3) is 0 Å². The summed E-state index contributed by atoms with van der Waals surface area (Å²) in [6.07, 6.45) is -2.06. The van der Waals surface area contributed by atoms with Crippen LogP contribution in [0.3, 0.4) is 0 Å². The first-order chi connectivity index (χ1) is 3.12. The van der Waals surface area contributed by atoms with Gasteiger partial charge in [-0.1, -0.05) is 0 Å². The molecule has 0 aliphatic heterocycles. The molecule has 0 saturated heterocycles. The zero-order valence-electron chi connectivity index (χ0n) is 4.26. The van der Waals surface area contributed by atoms with Crippen molar-refractivity contribution in [2.45, 2.75) is 6.08 Å². The van der Waals surface area contributed by atoms with Crippen molar-refractivity contribution in [3.8, 4) is 0 Å². The summed E-state index contributed by atoms with van der Waals surface area (Å²) in [5.74, 6) is 0. The molecule has 0 bridgehead atoms. The molecule has 0 heterocycles. The molecular weight excluding hydrogens is 85.0 g/mol. The Balaban J connectivity index is 3.36. The first-order valence-corrected chi connectivity index (χ1v) is 1.56. The summed E-state index contributed by atoms with van der Waals surface area (Å²) < 4.78 is 6.48. The van der Waals surface area contributed by atoms with E-state index in [1.165, 1.54) is 0 Å². The molecule has 0 aromatic rings. The van der Waals surface area contributed by atoms with Gasteiger partial charge in [0.05, 0.1) is 14.6 Å². The van der Waals surface area contributed by atoms with Crippen LogP contribution >= 0.6 is 0 Å². The summed E-state index contributed by atoms with van der Waals surface area (Å²) in [5.41, 5.74) is 0. The van der Waals surface area contributed by atoms with Gasteiger partial charge in [-0.3, -0.25) is 0 Å². The largest absolute Gasteiger partial charge is 0.394 e. The second-order valence-electron chi connectivity index (χ2n) is 0.882. The predicted octanol–water partition coefficient (Wildman–Crippen LogP) is -1.67. The summed E-state index contributed by atoms with van der Waals surface area (Å²) in [4.78, 5) is 0. The standard InChI is InChI=1S/C3H8O3/c4-1-3(6)2-5/h3-6H,1-2H2/i1+1,3D/t3-/m1/s1. The maximum Gasteiger partial charge on any atom is 0.100 e. The number of aliphatic hydroxyl groups is 3. The van der Waals surface area contributed by atoms with E-state index in [2.05, 4.69) is 0 Å². The summed E-state index contributed by atoms with van der Waals surface area (Å²) in [6, 6.07) is 0. The Labute approximate surface area is 37.3 Å². The molecule has 3 N–H and O–H groups in total. The fourth-order valence-electron chi connectivity index (χ4n) is 0.0500. The predicted molar refractivity (Wildman–Crippen MR) is 20.2 cm³/mol. The van der Waals surface area contributed by atoms with Crippen molar-refractivity contribution in [1.29, 1.82) is 0 Å². The van der Waals surface area contributed by atoms with Gasteiger partial charge in [0.2, 0.25) is 0 Å². The maximum absolute atomic E-state index is 8.30. The molecule has 6 heavy (non-hydrogen) atoms. The summed E-state index contributed by atoms with van der Waals surface area (Å²) in [6.45, 7) is -1.47. The Hall–Kier alpha value is -0.120. The number of aliphatic hydroxyl groups excluding tert-OH is 2. The minimum absolute atomic E-state index is 0.733. The second-order valence-corrected chi connectivity index (χ2v) is 0.882. The molecule has 0 aliphatic carbocycles. The van der Waals surface area contributed by atoms with E-state index in [9.17, 15) is 0 Å². The average molecular weight is 94.1 g/mol. The van der Waals surface area contributed by atoms with Crippen molar-refractivity contribution in [1.82, 2.24) is 0 Å². The SMILES string of the molecule is [2H][C@](O)(CO)[13CH2]O. The molecule has 0 spiro atoms. The molecule has 0 aliphatic rings. The Morgan fingerprint density at radius 1 is 1.50 bits per heavy atom. The molecule has 1 atom stereocenters. The smallest absolute Gasteiger partial charge is 0.100 e. The van der Waals surface area contributed by atoms with E-state index in [-0.39, 0.29) is 0 Å². The molecule has 0 fully saturated rings. The van der Waals surface area contributed by atoms with Gasteiger partial charge in [0.1, 0.15) is 6.08 Å². The summed E-state index contributed by atoms with van der Waals surface area (Å²) in [7, 11) is 0. The minimum atomic E-state index is -2.06. The van der Waals surface area contributed by atoms with E-state index < -0.39 is 19.3 Å². The molecule has 0 radical (unpaired) electrons. The van der Waals surface area contributed by atoms with Gasteiger partial charge in [0.25, 0.3) is 0 Å². The van der Waals surface area contributed by atoms with Crippen molar-refractivity contribution in [3.63, 3.8) is 0 Å². The highest BCUT2D eigenvalue weighted by Gasteiger charge is 1.93. The molecule has 0 saturated carbocycles. The Morgan fingerprint density at radius 3 is 1.83 bits per heavy atom. The van der Waals surface area contributed by atoms with E-state index in [4.69, 9.17) is 16.7 Å². The van der Waals surface area contributed by atoms with Crippen molar-refractivity contribution in [2.24, 2.45) is 0 Å². The lowest BCUT2D eigenvalue weighted by Crippen LogP contribution is -2.15. The molecular formula is C3H8O3. The normalized spacial score (nSPS) is 22.2. The van der Waals surface area contributed by atoms with Gasteiger partial charge in [0.15, 0.2) is 0 Å². The highest BCUT2D eigenvalue weighted by atomic mass is 16.4. The lowest BCUT2D eigenvalue weighted by molar-refractivity contribution is 0.0450. The zero-order chi connectivity index (χ0) is 5.91. The number of hydrogen-bond donors (Lipinski definition) is 3. The topological polar surface area (TPSA) is 60.7 Å². The van der Waals surface area contributed by atoms with E-state index >= 15 is 0 Å². The van der Waals surface area contributed by atoms with Crippen molar-refractivity contribution >= 4 is 0 Å². The lowest BCUT2D eigenvalue weighted by atomic mass is 10.6. The quantitative estimate of drug-likeness (QED) is 0.359. The highest BCUT2D eigenvalue weighted by Crippen LogP contribution is 1.71. The zero-order valence-corrected chi connectivity index (χ0v) is 3.26. The van der Waals surface area contributed by atoms with Gasteiger partial charge in [-0.15, -0.1) is 0 Å². The first kappa shape index (κ1) is 4.05. The summed E-state index contributed by atoms with van der Waals surface area (Å²) in [5, 5.41) is 24.3. The Morgan fingerprint density at radius 2 is 1.83 bits per heavy atom. The first-order valence-electron chi connectivity index (χ1n) is 2.06. The van der Waals surface area contributed by atoms with Crippen molar-refractivity contribution in [2.75, 3.05) is 13.2 Å². The van der Waals surface area contributed by atoms with E-state index in [1.54, 1.807) is 0 Å². The van der Waals surface area contributed by atoms with Crippen LogP contribution in [0.1, 0.15) is 1.37 Å². The van der Waals surface area contributed by atoms with Gasteiger partial charge in [-0.25, -0.2) is 0 Å². The molecule has 0 amide bonds. The van der Waals surface area contributed by atoms with E-state index in [0.29, 0.717) is 0 Å². The molecule has 3 nitrogen and oxygen atoms in total. The third-order valence-corrected chi connectivity index (χ3v) is 0.365. The van der Waals surface area contributed by atoms with Crippen LogP contribution in [0.15, 0.2) is 0 Å². The van der Waals surface area contributed by atoms with Crippen LogP contribution in [-0.2, 0) is 0 Å². The van der Waals surface area contributed by atoms with Gasteiger partial charge >= 0.3 is 0 Å². The van der Waals surface area contributed by atoms with Crippen LogP contribution in [0.2, 0.25) is 0 Å². The van der Waals surface area contributed by atoms with E-state index in [1.807, 2.05) is 0 Å². The summed E-state index contributed by atoms with van der Waals surface area (Å²) >= 11 is 0. The average Bonchev–Trinajstić information content (AvgIpc) is 1.68. The highest BCUT2D eigenvalue weighted by molar-refractivity contribution is 4.43. The van der Waals surface area contributed by atoms with Crippen molar-refractivity contribution < 1.29 is 16.7 Å².